The molecule has 1 fully saturated rings. The molecule has 0 saturated carbocycles. The molecule has 0 aliphatic carbocycles. The molecule has 1 aliphatic heterocycles. The highest BCUT2D eigenvalue weighted by molar-refractivity contribution is 5.77. The van der Waals surface area contributed by atoms with Crippen LogP contribution in [0.5, 0.6) is 0 Å². The van der Waals surface area contributed by atoms with E-state index in [2.05, 4.69) is 4.90 Å². The van der Waals surface area contributed by atoms with E-state index >= 15 is 0 Å². The highest BCUT2D eigenvalue weighted by atomic mass is 16.3. The SMILES string of the molecule is CCC(=O)CCCN1CCCC(CO)C1. The third-order valence-corrected chi connectivity index (χ3v) is 3.19. The Bertz CT molecular complexity index is 194. The van der Waals surface area contributed by atoms with Gasteiger partial charge in [-0.25, -0.2) is 0 Å². The van der Waals surface area contributed by atoms with Crippen molar-refractivity contribution in [1.82, 2.24) is 4.90 Å². The quantitative estimate of drug-likeness (QED) is 0.726. The number of Topliss-reactive ketones (excluding diaryl/α,β-unsaturated/α-hetero) is 1. The van der Waals surface area contributed by atoms with Crippen LogP contribution in [0.1, 0.15) is 39.0 Å². The number of ketones is 1. The Morgan fingerprint density at radius 1 is 1.53 bits per heavy atom. The van der Waals surface area contributed by atoms with Crippen LogP contribution in [-0.2, 0) is 4.79 Å². The summed E-state index contributed by atoms with van der Waals surface area (Å²) in [5, 5.41) is 9.08. The molecule has 0 spiro atoms. The predicted molar refractivity (Wildman–Crippen MR) is 60.8 cm³/mol. The normalized spacial score (nSPS) is 22.9. The summed E-state index contributed by atoms with van der Waals surface area (Å²) >= 11 is 0. The van der Waals surface area contributed by atoms with Gasteiger partial charge in [-0.05, 0) is 38.3 Å². The number of rotatable bonds is 6. The van der Waals surface area contributed by atoms with Crippen molar-refractivity contribution in [3.05, 3.63) is 0 Å². The Labute approximate surface area is 92.5 Å². The van der Waals surface area contributed by atoms with E-state index in [1.165, 1.54) is 6.42 Å². The van der Waals surface area contributed by atoms with Gasteiger partial charge in [0.1, 0.15) is 5.78 Å². The highest BCUT2D eigenvalue weighted by Crippen LogP contribution is 2.16. The monoisotopic (exact) mass is 213 g/mol. The van der Waals surface area contributed by atoms with E-state index in [0.717, 1.165) is 38.9 Å². The molecule has 0 radical (unpaired) electrons. The number of nitrogens with zero attached hydrogens (tertiary/aromatic N) is 1. The van der Waals surface area contributed by atoms with Gasteiger partial charge in [0.2, 0.25) is 0 Å². The van der Waals surface area contributed by atoms with Crippen LogP contribution < -0.4 is 0 Å². The Balaban J connectivity index is 2.12. The summed E-state index contributed by atoms with van der Waals surface area (Å²) in [7, 11) is 0. The number of carbonyl (C=O) groups is 1. The molecule has 3 nitrogen and oxygen atoms in total. The van der Waals surface area contributed by atoms with Crippen LogP contribution in [0.2, 0.25) is 0 Å². The van der Waals surface area contributed by atoms with Crippen molar-refractivity contribution < 1.29 is 9.90 Å². The first kappa shape index (κ1) is 12.7. The lowest BCUT2D eigenvalue weighted by Gasteiger charge is -2.31. The van der Waals surface area contributed by atoms with Gasteiger partial charge in [0.05, 0.1) is 0 Å². The fourth-order valence-electron chi connectivity index (χ4n) is 2.18. The fraction of sp³-hybridized carbons (Fsp3) is 0.917. The van der Waals surface area contributed by atoms with Gasteiger partial charge in [-0.1, -0.05) is 6.92 Å². The number of hydrogen-bond acceptors (Lipinski definition) is 3. The summed E-state index contributed by atoms with van der Waals surface area (Å²) in [5.41, 5.74) is 0. The van der Waals surface area contributed by atoms with Crippen molar-refractivity contribution in [2.24, 2.45) is 5.92 Å². The van der Waals surface area contributed by atoms with E-state index in [1.54, 1.807) is 0 Å². The van der Waals surface area contributed by atoms with Gasteiger partial charge in [0, 0.05) is 26.0 Å². The average molecular weight is 213 g/mol. The smallest absolute Gasteiger partial charge is 0.132 e. The maximum absolute atomic E-state index is 11.1. The Morgan fingerprint density at radius 3 is 3.00 bits per heavy atom. The van der Waals surface area contributed by atoms with Gasteiger partial charge in [-0.3, -0.25) is 4.79 Å². The van der Waals surface area contributed by atoms with Crippen molar-refractivity contribution in [1.29, 1.82) is 0 Å². The summed E-state index contributed by atoms with van der Waals surface area (Å²) in [4.78, 5) is 13.5. The third-order valence-electron chi connectivity index (χ3n) is 3.19. The first-order valence-electron chi connectivity index (χ1n) is 6.11. The maximum atomic E-state index is 11.1. The van der Waals surface area contributed by atoms with Crippen LogP contribution >= 0.6 is 0 Å². The molecule has 0 bridgehead atoms. The van der Waals surface area contributed by atoms with Gasteiger partial charge in [-0.2, -0.15) is 0 Å². The first-order chi connectivity index (χ1) is 7.26. The Kier molecular flexibility index (Phi) is 5.88. The molecular weight excluding hydrogens is 190 g/mol. The van der Waals surface area contributed by atoms with Gasteiger partial charge >= 0.3 is 0 Å². The highest BCUT2D eigenvalue weighted by Gasteiger charge is 2.18. The van der Waals surface area contributed by atoms with Gasteiger partial charge < -0.3 is 10.0 Å². The van der Waals surface area contributed by atoms with Crippen molar-refractivity contribution in [3.63, 3.8) is 0 Å². The molecule has 1 aliphatic rings. The summed E-state index contributed by atoms with van der Waals surface area (Å²) in [6, 6.07) is 0. The van der Waals surface area contributed by atoms with E-state index in [-0.39, 0.29) is 0 Å². The molecule has 88 valence electrons. The van der Waals surface area contributed by atoms with Crippen molar-refractivity contribution in [2.45, 2.75) is 39.0 Å². The number of hydrogen-bond donors (Lipinski definition) is 1. The van der Waals surface area contributed by atoms with Crippen LogP contribution in [0.25, 0.3) is 0 Å². The molecule has 1 saturated heterocycles. The molecule has 15 heavy (non-hydrogen) atoms. The summed E-state index contributed by atoms with van der Waals surface area (Å²) in [6.45, 7) is 5.39. The van der Waals surface area contributed by atoms with E-state index in [1.807, 2.05) is 6.92 Å². The molecule has 1 rings (SSSR count). The van der Waals surface area contributed by atoms with E-state index in [4.69, 9.17) is 5.11 Å². The standard InChI is InChI=1S/C12H23NO2/c1-2-12(15)6-4-8-13-7-3-5-11(9-13)10-14/h11,14H,2-10H2,1H3. The lowest BCUT2D eigenvalue weighted by Crippen LogP contribution is -2.37. The minimum atomic E-state index is 0.310. The minimum absolute atomic E-state index is 0.310. The van der Waals surface area contributed by atoms with Gasteiger partial charge in [0.15, 0.2) is 0 Å². The molecule has 1 heterocycles. The number of likely N-dealkylation sites (tertiary alicyclic amines) is 1. The second-order valence-corrected chi connectivity index (χ2v) is 4.49. The zero-order valence-electron chi connectivity index (χ0n) is 9.74. The lowest BCUT2D eigenvalue weighted by molar-refractivity contribution is -0.118. The Hall–Kier alpha value is -0.410. The maximum Gasteiger partial charge on any atom is 0.132 e. The lowest BCUT2D eigenvalue weighted by atomic mass is 9.99. The van der Waals surface area contributed by atoms with Crippen molar-refractivity contribution in [3.8, 4) is 0 Å². The van der Waals surface area contributed by atoms with Crippen molar-refractivity contribution in [2.75, 3.05) is 26.2 Å². The minimum Gasteiger partial charge on any atom is -0.396 e. The topological polar surface area (TPSA) is 40.5 Å². The molecule has 3 heteroatoms. The van der Waals surface area contributed by atoms with Gasteiger partial charge in [-0.15, -0.1) is 0 Å². The molecule has 1 atom stereocenters. The van der Waals surface area contributed by atoms with Crippen LogP contribution in [0.15, 0.2) is 0 Å². The molecule has 1 N–H and O–H groups in total. The molecule has 0 aromatic carbocycles. The van der Waals surface area contributed by atoms with Crippen molar-refractivity contribution >= 4 is 5.78 Å². The van der Waals surface area contributed by atoms with E-state index in [0.29, 0.717) is 24.7 Å². The van der Waals surface area contributed by atoms with E-state index < -0.39 is 0 Å². The first-order valence-corrected chi connectivity index (χ1v) is 6.11. The molecule has 0 aromatic heterocycles. The number of aliphatic hydroxyl groups excluding tert-OH is 1. The summed E-state index contributed by atoms with van der Waals surface area (Å²) < 4.78 is 0. The fourth-order valence-corrected chi connectivity index (χ4v) is 2.18. The largest absolute Gasteiger partial charge is 0.396 e. The third kappa shape index (κ3) is 4.76. The molecular formula is C12H23NO2. The summed E-state index contributed by atoms with van der Waals surface area (Å²) in [5.74, 6) is 0.825. The second-order valence-electron chi connectivity index (χ2n) is 4.49. The molecule has 0 aromatic rings. The van der Waals surface area contributed by atoms with Crippen LogP contribution in [0.3, 0.4) is 0 Å². The van der Waals surface area contributed by atoms with E-state index in [9.17, 15) is 4.79 Å². The van der Waals surface area contributed by atoms with Crippen LogP contribution in [0.4, 0.5) is 0 Å². The van der Waals surface area contributed by atoms with Crippen LogP contribution in [-0.4, -0.2) is 42.0 Å². The number of piperidine rings is 1. The van der Waals surface area contributed by atoms with Gasteiger partial charge in [0.25, 0.3) is 0 Å². The number of carbonyl (C=O) groups excluding carboxylic acids is 1. The zero-order chi connectivity index (χ0) is 11.1. The second kappa shape index (κ2) is 6.96. The number of aliphatic hydroxyl groups is 1. The molecule has 0 amide bonds. The van der Waals surface area contributed by atoms with Crippen LogP contribution in [0, 0.1) is 5.92 Å². The predicted octanol–water partition coefficient (Wildman–Crippen LogP) is 1.45. The zero-order valence-corrected chi connectivity index (χ0v) is 9.74. The average Bonchev–Trinajstić information content (AvgIpc) is 2.29. The Morgan fingerprint density at radius 2 is 2.33 bits per heavy atom. The molecule has 1 unspecified atom stereocenters. The summed E-state index contributed by atoms with van der Waals surface area (Å²) in [6.07, 6.45) is 4.70.